The van der Waals surface area contributed by atoms with Crippen LogP contribution in [0.4, 0.5) is 5.69 Å². The molecule has 0 amide bonds. The molecule has 0 aromatic heterocycles. The van der Waals surface area contributed by atoms with Crippen LogP contribution in [0.5, 0.6) is 5.75 Å². The molecule has 2 rings (SSSR count). The molecule has 0 saturated heterocycles. The van der Waals surface area contributed by atoms with Crippen LogP contribution in [0.25, 0.3) is 0 Å². The van der Waals surface area contributed by atoms with Crippen molar-refractivity contribution in [2.45, 2.75) is 20.1 Å². The Balaban J connectivity index is 1.93. The van der Waals surface area contributed by atoms with Crippen LogP contribution < -0.4 is 10.1 Å². The van der Waals surface area contributed by atoms with E-state index in [1.807, 2.05) is 61.5 Å². The summed E-state index contributed by atoms with van der Waals surface area (Å²) in [7, 11) is 0. The van der Waals surface area contributed by atoms with Crippen molar-refractivity contribution in [1.29, 1.82) is 0 Å². The van der Waals surface area contributed by atoms with Gasteiger partial charge < -0.3 is 10.1 Å². The number of hydrogen-bond acceptors (Lipinski definition) is 2. The van der Waals surface area contributed by atoms with E-state index in [-0.39, 0.29) is 6.23 Å². The summed E-state index contributed by atoms with van der Waals surface area (Å²) in [5.41, 5.74) is 2.30. The lowest BCUT2D eigenvalue weighted by molar-refractivity contribution is 0.250. The van der Waals surface area contributed by atoms with Gasteiger partial charge in [-0.05, 0) is 38.1 Å². The zero-order valence-electron chi connectivity index (χ0n) is 10.2. The van der Waals surface area contributed by atoms with Gasteiger partial charge in [-0.2, -0.15) is 0 Å². The Bertz CT molecular complexity index is 450. The van der Waals surface area contributed by atoms with Gasteiger partial charge in [-0.25, -0.2) is 0 Å². The summed E-state index contributed by atoms with van der Waals surface area (Å²) in [6, 6.07) is 18.1. The number of nitrogens with one attached hydrogen (secondary N) is 1. The predicted octanol–water partition coefficient (Wildman–Crippen LogP) is 3.83. The minimum Gasteiger partial charge on any atom is -0.471 e. The Hall–Kier alpha value is -1.96. The van der Waals surface area contributed by atoms with Gasteiger partial charge in [-0.15, -0.1) is 0 Å². The Morgan fingerprint density at radius 2 is 1.59 bits per heavy atom. The van der Waals surface area contributed by atoms with Crippen LogP contribution in [0, 0.1) is 6.92 Å². The van der Waals surface area contributed by atoms with Crippen LogP contribution >= 0.6 is 0 Å². The predicted molar refractivity (Wildman–Crippen MR) is 71.3 cm³/mol. The first-order valence-electron chi connectivity index (χ1n) is 5.79. The topological polar surface area (TPSA) is 21.3 Å². The van der Waals surface area contributed by atoms with E-state index in [4.69, 9.17) is 4.74 Å². The highest BCUT2D eigenvalue weighted by Crippen LogP contribution is 2.14. The fourth-order valence-corrected chi connectivity index (χ4v) is 1.62. The molecule has 0 aliphatic carbocycles. The molecule has 0 aliphatic rings. The number of benzene rings is 2. The van der Waals surface area contributed by atoms with Crippen molar-refractivity contribution in [2.75, 3.05) is 5.32 Å². The fraction of sp³-hybridized carbons (Fsp3) is 0.200. The van der Waals surface area contributed by atoms with E-state index >= 15 is 0 Å². The maximum Gasteiger partial charge on any atom is 0.167 e. The molecule has 2 aromatic rings. The highest BCUT2D eigenvalue weighted by molar-refractivity contribution is 5.43. The number of aryl methyl sites for hydroxylation is 1. The van der Waals surface area contributed by atoms with Gasteiger partial charge in [0.15, 0.2) is 6.23 Å². The number of para-hydroxylation sites is 1. The van der Waals surface area contributed by atoms with Gasteiger partial charge in [0, 0.05) is 5.69 Å². The molecule has 0 bridgehead atoms. The first-order valence-corrected chi connectivity index (χ1v) is 5.79. The Morgan fingerprint density at radius 3 is 2.24 bits per heavy atom. The SMILES string of the molecule is Cc1ccc(OC(C)Nc2ccccc2)cc1. The van der Waals surface area contributed by atoms with Gasteiger partial charge in [-0.3, -0.25) is 0 Å². The Labute approximate surface area is 102 Å². The maximum atomic E-state index is 5.76. The number of hydrogen-bond donors (Lipinski definition) is 1. The molecule has 0 saturated carbocycles. The average Bonchev–Trinajstić information content (AvgIpc) is 2.33. The zero-order chi connectivity index (χ0) is 12.1. The summed E-state index contributed by atoms with van der Waals surface area (Å²) in [4.78, 5) is 0. The van der Waals surface area contributed by atoms with Gasteiger partial charge >= 0.3 is 0 Å². The number of anilines is 1. The highest BCUT2D eigenvalue weighted by atomic mass is 16.5. The third-order valence-electron chi connectivity index (χ3n) is 2.48. The molecule has 88 valence electrons. The first kappa shape index (κ1) is 11.5. The summed E-state index contributed by atoms with van der Waals surface area (Å²) >= 11 is 0. The molecule has 1 unspecified atom stereocenters. The monoisotopic (exact) mass is 227 g/mol. The van der Waals surface area contributed by atoms with Crippen LogP contribution in [0.1, 0.15) is 12.5 Å². The second-order valence-corrected chi connectivity index (χ2v) is 4.08. The van der Waals surface area contributed by atoms with Crippen LogP contribution in [-0.2, 0) is 0 Å². The summed E-state index contributed by atoms with van der Waals surface area (Å²) in [6.45, 7) is 4.06. The van der Waals surface area contributed by atoms with Gasteiger partial charge in [0.05, 0.1) is 0 Å². The van der Waals surface area contributed by atoms with Crippen molar-refractivity contribution in [3.05, 3.63) is 60.2 Å². The lowest BCUT2D eigenvalue weighted by atomic mass is 10.2. The van der Waals surface area contributed by atoms with Gasteiger partial charge in [0.2, 0.25) is 0 Å². The maximum absolute atomic E-state index is 5.76. The quantitative estimate of drug-likeness (QED) is 0.801. The lowest BCUT2D eigenvalue weighted by Gasteiger charge is -2.17. The third-order valence-corrected chi connectivity index (χ3v) is 2.48. The van der Waals surface area contributed by atoms with E-state index in [9.17, 15) is 0 Å². The van der Waals surface area contributed by atoms with E-state index in [0.717, 1.165) is 11.4 Å². The molecule has 0 spiro atoms. The third kappa shape index (κ3) is 3.52. The van der Waals surface area contributed by atoms with Crippen LogP contribution in [0.2, 0.25) is 0 Å². The van der Waals surface area contributed by atoms with Crippen molar-refractivity contribution in [2.24, 2.45) is 0 Å². The molecule has 2 heteroatoms. The van der Waals surface area contributed by atoms with Crippen molar-refractivity contribution in [3.63, 3.8) is 0 Å². The second kappa shape index (κ2) is 5.39. The van der Waals surface area contributed by atoms with Gasteiger partial charge in [0.1, 0.15) is 5.75 Å². The van der Waals surface area contributed by atoms with Crippen LogP contribution in [-0.4, -0.2) is 6.23 Å². The molecule has 0 fully saturated rings. The highest BCUT2D eigenvalue weighted by Gasteiger charge is 2.02. The lowest BCUT2D eigenvalue weighted by Crippen LogP contribution is -2.22. The molecular formula is C15H17NO. The summed E-state index contributed by atoms with van der Waals surface area (Å²) < 4.78 is 5.76. The van der Waals surface area contributed by atoms with Crippen molar-refractivity contribution < 1.29 is 4.74 Å². The largest absolute Gasteiger partial charge is 0.471 e. The molecule has 0 aliphatic heterocycles. The molecular weight excluding hydrogens is 210 g/mol. The molecule has 1 N–H and O–H groups in total. The van der Waals surface area contributed by atoms with E-state index in [1.54, 1.807) is 0 Å². The minimum absolute atomic E-state index is 0.0555. The van der Waals surface area contributed by atoms with E-state index in [0.29, 0.717) is 0 Å². The minimum atomic E-state index is -0.0555. The fourth-order valence-electron chi connectivity index (χ4n) is 1.62. The molecule has 1 atom stereocenters. The molecule has 0 heterocycles. The number of rotatable bonds is 4. The summed E-state index contributed by atoms with van der Waals surface area (Å²) in [5.74, 6) is 0.881. The first-order chi connectivity index (χ1) is 8.24. The normalized spacial score (nSPS) is 11.9. The van der Waals surface area contributed by atoms with Gasteiger partial charge in [-0.1, -0.05) is 35.9 Å². The van der Waals surface area contributed by atoms with Crippen molar-refractivity contribution in [3.8, 4) is 5.75 Å². The second-order valence-electron chi connectivity index (χ2n) is 4.08. The van der Waals surface area contributed by atoms with Crippen LogP contribution in [0.3, 0.4) is 0 Å². The standard InChI is InChI=1S/C15H17NO/c1-12-8-10-15(11-9-12)17-13(2)16-14-6-4-3-5-7-14/h3-11,13,16H,1-2H3. The smallest absolute Gasteiger partial charge is 0.167 e. The van der Waals surface area contributed by atoms with Crippen LogP contribution in [0.15, 0.2) is 54.6 Å². The molecule has 2 nitrogen and oxygen atoms in total. The van der Waals surface area contributed by atoms with E-state index < -0.39 is 0 Å². The number of ether oxygens (including phenoxy) is 1. The van der Waals surface area contributed by atoms with E-state index in [2.05, 4.69) is 12.2 Å². The van der Waals surface area contributed by atoms with E-state index in [1.165, 1.54) is 5.56 Å². The zero-order valence-corrected chi connectivity index (χ0v) is 10.2. The Kier molecular flexibility index (Phi) is 3.66. The average molecular weight is 227 g/mol. The molecule has 2 aromatic carbocycles. The molecule has 17 heavy (non-hydrogen) atoms. The molecule has 0 radical (unpaired) electrons. The summed E-state index contributed by atoms with van der Waals surface area (Å²) in [5, 5.41) is 3.28. The van der Waals surface area contributed by atoms with Crippen molar-refractivity contribution in [1.82, 2.24) is 0 Å². The Morgan fingerprint density at radius 1 is 0.941 bits per heavy atom. The van der Waals surface area contributed by atoms with Crippen molar-refractivity contribution >= 4 is 5.69 Å². The summed E-state index contributed by atoms with van der Waals surface area (Å²) in [6.07, 6.45) is -0.0555. The van der Waals surface area contributed by atoms with Gasteiger partial charge in [0.25, 0.3) is 0 Å².